The summed E-state index contributed by atoms with van der Waals surface area (Å²) < 4.78 is 5.38. The molecule has 2 nitrogen and oxygen atoms in total. The molecule has 0 aromatic heterocycles. The third kappa shape index (κ3) is 1.54. The maximum Gasteiger partial charge on any atom is 0.122 e. The smallest absolute Gasteiger partial charge is 0.122 e. The van der Waals surface area contributed by atoms with Gasteiger partial charge in [0.15, 0.2) is 0 Å². The highest BCUT2D eigenvalue weighted by atomic mass is 16.5. The Kier molecular flexibility index (Phi) is 1.81. The van der Waals surface area contributed by atoms with Crippen LogP contribution >= 0.6 is 0 Å². The number of hydrogen-bond acceptors (Lipinski definition) is 2. The molecule has 1 aromatic carbocycles. The fourth-order valence-electron chi connectivity index (χ4n) is 1.57. The Hall–Kier alpha value is -1.02. The zero-order chi connectivity index (χ0) is 9.47. The van der Waals surface area contributed by atoms with E-state index in [0.29, 0.717) is 0 Å². The third-order valence-electron chi connectivity index (χ3n) is 2.40. The Morgan fingerprint density at radius 2 is 2.15 bits per heavy atom. The number of benzene rings is 1. The van der Waals surface area contributed by atoms with Crippen molar-refractivity contribution in [3.05, 3.63) is 29.3 Å². The zero-order valence-electron chi connectivity index (χ0n) is 8.00. The maximum atomic E-state index is 9.78. The van der Waals surface area contributed by atoms with Gasteiger partial charge in [0.25, 0.3) is 0 Å². The molecule has 0 amide bonds. The van der Waals surface area contributed by atoms with Gasteiger partial charge in [-0.05, 0) is 37.1 Å². The van der Waals surface area contributed by atoms with Gasteiger partial charge in [0.1, 0.15) is 5.75 Å². The monoisotopic (exact) mass is 178 g/mol. The summed E-state index contributed by atoms with van der Waals surface area (Å²) in [5, 5.41) is 9.78. The fourth-order valence-corrected chi connectivity index (χ4v) is 1.57. The molecule has 0 radical (unpaired) electrons. The van der Waals surface area contributed by atoms with E-state index >= 15 is 0 Å². The van der Waals surface area contributed by atoms with E-state index in [2.05, 4.69) is 0 Å². The van der Waals surface area contributed by atoms with E-state index in [-0.39, 0.29) is 0 Å². The first-order valence-corrected chi connectivity index (χ1v) is 4.56. The molecule has 0 unspecified atom stereocenters. The summed E-state index contributed by atoms with van der Waals surface area (Å²) in [4.78, 5) is 0. The summed E-state index contributed by atoms with van der Waals surface area (Å²) in [6, 6.07) is 5.89. The molecule has 0 fully saturated rings. The molecule has 2 heteroatoms. The molecule has 0 spiro atoms. The molecule has 2 rings (SSSR count). The van der Waals surface area contributed by atoms with Crippen molar-refractivity contribution >= 4 is 0 Å². The molecule has 0 saturated carbocycles. The molecule has 0 aliphatic carbocycles. The summed E-state index contributed by atoms with van der Waals surface area (Å²) in [5.74, 6) is 0.966. The molecule has 0 atom stereocenters. The van der Waals surface area contributed by atoms with Crippen molar-refractivity contribution in [3.63, 3.8) is 0 Å². The Morgan fingerprint density at radius 1 is 1.38 bits per heavy atom. The number of fused-ring (bicyclic) bond motifs is 1. The number of hydrogen-bond donors (Lipinski definition) is 1. The fraction of sp³-hybridized carbons (Fsp3) is 0.455. The molecular weight excluding hydrogens is 164 g/mol. The normalized spacial score (nSPS) is 15.3. The van der Waals surface area contributed by atoms with Crippen LogP contribution in [0.1, 0.15) is 25.0 Å². The Labute approximate surface area is 78.2 Å². The van der Waals surface area contributed by atoms with Crippen molar-refractivity contribution in [2.45, 2.75) is 25.9 Å². The standard InChI is InChI=1S/C11H14O2/c1-11(2,12)9-3-4-10-8(7-9)5-6-13-10/h3-4,7,12H,5-6H2,1-2H3. The van der Waals surface area contributed by atoms with Gasteiger partial charge < -0.3 is 9.84 Å². The Balaban J connectivity index is 2.42. The molecule has 0 saturated heterocycles. The second kappa shape index (κ2) is 2.74. The van der Waals surface area contributed by atoms with Crippen LogP contribution in [0.4, 0.5) is 0 Å². The first-order valence-electron chi connectivity index (χ1n) is 4.56. The second-order valence-corrected chi connectivity index (χ2v) is 3.98. The van der Waals surface area contributed by atoms with Crippen molar-refractivity contribution in [2.75, 3.05) is 6.61 Å². The average Bonchev–Trinajstić information content (AvgIpc) is 2.47. The van der Waals surface area contributed by atoms with Crippen molar-refractivity contribution in [3.8, 4) is 5.75 Å². The molecule has 70 valence electrons. The van der Waals surface area contributed by atoms with Gasteiger partial charge in [-0.25, -0.2) is 0 Å². The van der Waals surface area contributed by atoms with Gasteiger partial charge in [-0.3, -0.25) is 0 Å². The molecule has 0 bridgehead atoms. The van der Waals surface area contributed by atoms with Crippen LogP contribution in [0.25, 0.3) is 0 Å². The SMILES string of the molecule is CC(C)(O)c1ccc2c(c1)CCO2. The predicted octanol–water partition coefficient (Wildman–Crippen LogP) is 1.85. The van der Waals surface area contributed by atoms with E-state index in [1.807, 2.05) is 18.2 Å². The molecule has 1 aliphatic heterocycles. The van der Waals surface area contributed by atoms with E-state index in [0.717, 1.165) is 24.3 Å². The molecule has 1 N–H and O–H groups in total. The van der Waals surface area contributed by atoms with E-state index in [9.17, 15) is 5.11 Å². The number of ether oxygens (including phenoxy) is 1. The zero-order valence-corrected chi connectivity index (χ0v) is 8.00. The molecular formula is C11H14O2. The van der Waals surface area contributed by atoms with E-state index in [4.69, 9.17) is 4.74 Å². The average molecular weight is 178 g/mol. The van der Waals surface area contributed by atoms with Gasteiger partial charge in [0, 0.05) is 6.42 Å². The lowest BCUT2D eigenvalue weighted by Crippen LogP contribution is -2.15. The minimum absolute atomic E-state index is 0.752. The lowest BCUT2D eigenvalue weighted by Gasteiger charge is -2.18. The lowest BCUT2D eigenvalue weighted by molar-refractivity contribution is 0.0785. The van der Waals surface area contributed by atoms with Crippen molar-refractivity contribution in [2.24, 2.45) is 0 Å². The van der Waals surface area contributed by atoms with Gasteiger partial charge >= 0.3 is 0 Å². The topological polar surface area (TPSA) is 29.5 Å². The summed E-state index contributed by atoms with van der Waals surface area (Å²) in [6.45, 7) is 4.36. The van der Waals surface area contributed by atoms with Crippen molar-refractivity contribution < 1.29 is 9.84 Å². The highest BCUT2D eigenvalue weighted by Gasteiger charge is 2.19. The predicted molar refractivity (Wildman–Crippen MR) is 50.9 cm³/mol. The summed E-state index contributed by atoms with van der Waals surface area (Å²) in [7, 11) is 0. The Bertz CT molecular complexity index is 323. The van der Waals surface area contributed by atoms with Crippen LogP contribution in [-0.4, -0.2) is 11.7 Å². The minimum Gasteiger partial charge on any atom is -0.493 e. The summed E-state index contributed by atoms with van der Waals surface area (Å²) in [5.41, 5.74) is 1.41. The van der Waals surface area contributed by atoms with Crippen LogP contribution in [0.3, 0.4) is 0 Å². The summed E-state index contributed by atoms with van der Waals surface area (Å²) >= 11 is 0. The van der Waals surface area contributed by atoms with Crippen molar-refractivity contribution in [1.29, 1.82) is 0 Å². The van der Waals surface area contributed by atoms with E-state index in [1.54, 1.807) is 13.8 Å². The van der Waals surface area contributed by atoms with Gasteiger partial charge in [-0.2, -0.15) is 0 Å². The van der Waals surface area contributed by atoms with Crippen LogP contribution < -0.4 is 4.74 Å². The quantitative estimate of drug-likeness (QED) is 0.711. The summed E-state index contributed by atoms with van der Waals surface area (Å²) in [6.07, 6.45) is 0.958. The lowest BCUT2D eigenvalue weighted by atomic mass is 9.96. The Morgan fingerprint density at radius 3 is 2.85 bits per heavy atom. The van der Waals surface area contributed by atoms with Crippen LogP contribution in [-0.2, 0) is 12.0 Å². The second-order valence-electron chi connectivity index (χ2n) is 3.98. The van der Waals surface area contributed by atoms with Gasteiger partial charge in [-0.1, -0.05) is 6.07 Å². The van der Waals surface area contributed by atoms with Crippen LogP contribution in [0.5, 0.6) is 5.75 Å². The van der Waals surface area contributed by atoms with Crippen LogP contribution in [0.2, 0.25) is 0 Å². The highest BCUT2D eigenvalue weighted by molar-refractivity contribution is 5.41. The minimum atomic E-state index is -0.752. The first-order chi connectivity index (χ1) is 6.07. The van der Waals surface area contributed by atoms with Gasteiger partial charge in [0.05, 0.1) is 12.2 Å². The largest absolute Gasteiger partial charge is 0.493 e. The highest BCUT2D eigenvalue weighted by Crippen LogP contribution is 2.29. The van der Waals surface area contributed by atoms with Crippen LogP contribution in [0.15, 0.2) is 18.2 Å². The van der Waals surface area contributed by atoms with E-state index in [1.165, 1.54) is 5.56 Å². The van der Waals surface area contributed by atoms with Crippen molar-refractivity contribution in [1.82, 2.24) is 0 Å². The number of rotatable bonds is 1. The first kappa shape index (κ1) is 8.57. The molecule has 1 aliphatic rings. The molecule has 1 heterocycles. The van der Waals surface area contributed by atoms with Gasteiger partial charge in [-0.15, -0.1) is 0 Å². The molecule has 1 aromatic rings. The number of aliphatic hydroxyl groups is 1. The third-order valence-corrected chi connectivity index (χ3v) is 2.40. The van der Waals surface area contributed by atoms with E-state index < -0.39 is 5.60 Å². The van der Waals surface area contributed by atoms with Crippen LogP contribution in [0, 0.1) is 0 Å². The maximum absolute atomic E-state index is 9.78. The van der Waals surface area contributed by atoms with Gasteiger partial charge in [0.2, 0.25) is 0 Å². The molecule has 13 heavy (non-hydrogen) atoms.